The molecule has 0 saturated heterocycles. The Kier molecular flexibility index (Phi) is 4.76. The number of hydrogen-bond acceptors (Lipinski definition) is 6. The summed E-state index contributed by atoms with van der Waals surface area (Å²) in [5.74, 6) is 0. The van der Waals surface area contributed by atoms with Crippen molar-refractivity contribution < 1.29 is 0 Å². The number of rotatable bonds is 6. The fraction of sp³-hybridized carbons (Fsp3) is 0.500. The molecule has 0 amide bonds. The zero-order valence-corrected chi connectivity index (χ0v) is 12.0. The molecule has 0 fully saturated rings. The van der Waals surface area contributed by atoms with E-state index in [1.807, 2.05) is 42.3 Å². The number of nitrogens with one attached hydrogen (secondary N) is 6. The third-order valence-corrected chi connectivity index (χ3v) is 3.00. The van der Waals surface area contributed by atoms with E-state index in [1.54, 1.807) is 0 Å². The Morgan fingerprint density at radius 3 is 0.500 bits per heavy atom. The highest BCUT2D eigenvalue weighted by atomic mass is 15.1. The van der Waals surface area contributed by atoms with E-state index in [-0.39, 0.29) is 0 Å². The van der Waals surface area contributed by atoms with Gasteiger partial charge in [0.2, 0.25) is 0 Å². The normalized spacial score (nSPS) is 9.67. The molecule has 6 N–H and O–H groups in total. The molecule has 6 nitrogen and oxygen atoms in total. The van der Waals surface area contributed by atoms with E-state index in [9.17, 15) is 0 Å². The first kappa shape index (κ1) is 14.1. The van der Waals surface area contributed by atoms with Gasteiger partial charge in [-0.2, -0.15) is 0 Å². The average molecular weight is 252 g/mol. The van der Waals surface area contributed by atoms with Crippen LogP contribution in [0, 0.1) is 0 Å². The van der Waals surface area contributed by atoms with Gasteiger partial charge in [-0.05, 0) is 0 Å². The molecule has 18 heavy (non-hydrogen) atoms. The maximum atomic E-state index is 3.23. The lowest BCUT2D eigenvalue weighted by Crippen LogP contribution is -2.11. The van der Waals surface area contributed by atoms with Crippen LogP contribution >= 0.6 is 0 Å². The first-order valence-corrected chi connectivity index (χ1v) is 6.00. The summed E-state index contributed by atoms with van der Waals surface area (Å²) < 4.78 is 0. The van der Waals surface area contributed by atoms with Crippen LogP contribution in [0.4, 0.5) is 34.1 Å². The van der Waals surface area contributed by atoms with Crippen molar-refractivity contribution in [2.45, 2.75) is 0 Å². The van der Waals surface area contributed by atoms with Gasteiger partial charge >= 0.3 is 0 Å². The molecule has 1 aromatic rings. The summed E-state index contributed by atoms with van der Waals surface area (Å²) in [7, 11) is 11.5. The smallest absolute Gasteiger partial charge is 0.0853 e. The minimum absolute atomic E-state index is 1.02. The second-order valence-electron chi connectivity index (χ2n) is 3.75. The van der Waals surface area contributed by atoms with Crippen molar-refractivity contribution in [3.05, 3.63) is 0 Å². The van der Waals surface area contributed by atoms with Gasteiger partial charge in [0.25, 0.3) is 0 Å². The van der Waals surface area contributed by atoms with Gasteiger partial charge < -0.3 is 31.9 Å². The van der Waals surface area contributed by atoms with Crippen LogP contribution in [0.2, 0.25) is 0 Å². The van der Waals surface area contributed by atoms with Crippen LogP contribution in [-0.4, -0.2) is 42.3 Å². The first-order valence-electron chi connectivity index (χ1n) is 6.00. The molecule has 0 aromatic heterocycles. The van der Waals surface area contributed by atoms with E-state index in [2.05, 4.69) is 31.9 Å². The van der Waals surface area contributed by atoms with Gasteiger partial charge in [0.05, 0.1) is 34.1 Å². The van der Waals surface area contributed by atoms with Crippen molar-refractivity contribution in [2.75, 3.05) is 74.2 Å². The van der Waals surface area contributed by atoms with Crippen LogP contribution in [0.1, 0.15) is 0 Å². The third-order valence-electron chi connectivity index (χ3n) is 3.00. The predicted molar refractivity (Wildman–Crippen MR) is 83.7 cm³/mol. The molecular formula is C12H24N6. The van der Waals surface area contributed by atoms with Crippen molar-refractivity contribution in [1.29, 1.82) is 0 Å². The molecule has 1 rings (SSSR count). The fourth-order valence-corrected chi connectivity index (χ4v) is 2.25. The molecular weight excluding hydrogens is 228 g/mol. The van der Waals surface area contributed by atoms with Crippen LogP contribution in [0.5, 0.6) is 0 Å². The van der Waals surface area contributed by atoms with Crippen molar-refractivity contribution in [3.8, 4) is 0 Å². The maximum absolute atomic E-state index is 3.23. The summed E-state index contributed by atoms with van der Waals surface area (Å²) in [5.41, 5.74) is 6.13. The van der Waals surface area contributed by atoms with E-state index in [0.717, 1.165) is 34.1 Å². The highest BCUT2D eigenvalue weighted by Gasteiger charge is 2.20. The summed E-state index contributed by atoms with van der Waals surface area (Å²) in [4.78, 5) is 0. The van der Waals surface area contributed by atoms with Crippen LogP contribution < -0.4 is 31.9 Å². The van der Waals surface area contributed by atoms with Crippen LogP contribution in [0.25, 0.3) is 0 Å². The highest BCUT2D eigenvalue weighted by molar-refractivity contribution is 6.07. The van der Waals surface area contributed by atoms with Gasteiger partial charge in [-0.1, -0.05) is 0 Å². The third kappa shape index (κ3) is 2.05. The van der Waals surface area contributed by atoms with E-state index in [4.69, 9.17) is 0 Å². The van der Waals surface area contributed by atoms with Gasteiger partial charge in [0.15, 0.2) is 0 Å². The topological polar surface area (TPSA) is 72.2 Å². The SMILES string of the molecule is CNc1c(NC)c(NC)c(NC)c(NC)c1NC. The monoisotopic (exact) mass is 252 g/mol. The molecule has 0 bridgehead atoms. The molecule has 0 aliphatic rings. The second-order valence-corrected chi connectivity index (χ2v) is 3.75. The molecule has 0 heterocycles. The number of benzene rings is 1. The molecule has 1 aromatic carbocycles. The quantitative estimate of drug-likeness (QED) is 0.465. The molecule has 0 aliphatic carbocycles. The standard InChI is InChI=1S/C12H24N6/c1-13-7-8(14-2)10(16-4)12(18-6)11(17-5)9(7)15-3/h13-18H,1-6H3. The van der Waals surface area contributed by atoms with E-state index >= 15 is 0 Å². The van der Waals surface area contributed by atoms with Crippen molar-refractivity contribution >= 4 is 34.1 Å². The molecule has 0 saturated carbocycles. The van der Waals surface area contributed by atoms with Crippen LogP contribution in [0.3, 0.4) is 0 Å². The molecule has 0 unspecified atom stereocenters. The first-order chi connectivity index (χ1) is 8.69. The lowest BCUT2D eigenvalue weighted by atomic mass is 10.1. The minimum atomic E-state index is 1.02. The van der Waals surface area contributed by atoms with Crippen LogP contribution in [0.15, 0.2) is 0 Å². The molecule has 0 spiro atoms. The maximum Gasteiger partial charge on any atom is 0.0853 e. The van der Waals surface area contributed by atoms with Gasteiger partial charge in [0.1, 0.15) is 0 Å². The van der Waals surface area contributed by atoms with Crippen molar-refractivity contribution in [3.63, 3.8) is 0 Å². The second kappa shape index (κ2) is 6.09. The Labute approximate surface area is 109 Å². The molecule has 0 atom stereocenters. The summed E-state index contributed by atoms with van der Waals surface area (Å²) in [6.07, 6.45) is 0. The largest absolute Gasteiger partial charge is 0.385 e. The summed E-state index contributed by atoms with van der Waals surface area (Å²) >= 11 is 0. The Bertz CT molecular complexity index is 295. The van der Waals surface area contributed by atoms with E-state index in [0.29, 0.717) is 0 Å². The Morgan fingerprint density at radius 2 is 0.444 bits per heavy atom. The molecule has 0 aliphatic heterocycles. The average Bonchev–Trinajstić information content (AvgIpc) is 2.43. The summed E-state index contributed by atoms with van der Waals surface area (Å²) in [6, 6.07) is 0. The zero-order valence-electron chi connectivity index (χ0n) is 12.0. The lowest BCUT2D eigenvalue weighted by molar-refractivity contribution is 1.36. The number of hydrogen-bond donors (Lipinski definition) is 6. The summed E-state index contributed by atoms with van der Waals surface area (Å²) in [6.45, 7) is 0. The summed E-state index contributed by atoms with van der Waals surface area (Å²) in [5, 5.41) is 19.4. The van der Waals surface area contributed by atoms with E-state index < -0.39 is 0 Å². The van der Waals surface area contributed by atoms with Crippen molar-refractivity contribution in [1.82, 2.24) is 0 Å². The molecule has 6 heteroatoms. The minimum Gasteiger partial charge on any atom is -0.385 e. The predicted octanol–water partition coefficient (Wildman–Crippen LogP) is 1.94. The lowest BCUT2D eigenvalue weighted by Gasteiger charge is -2.25. The van der Waals surface area contributed by atoms with Gasteiger partial charge in [-0.3, -0.25) is 0 Å². The van der Waals surface area contributed by atoms with Gasteiger partial charge in [0, 0.05) is 42.3 Å². The number of anilines is 6. The highest BCUT2D eigenvalue weighted by Crippen LogP contribution is 2.48. The fourth-order valence-electron chi connectivity index (χ4n) is 2.25. The molecule has 102 valence electrons. The van der Waals surface area contributed by atoms with E-state index in [1.165, 1.54) is 0 Å². The van der Waals surface area contributed by atoms with Gasteiger partial charge in [-0.15, -0.1) is 0 Å². The Morgan fingerprint density at radius 1 is 0.333 bits per heavy atom. The zero-order chi connectivity index (χ0) is 13.7. The Balaban J connectivity index is 3.71. The Hall–Kier alpha value is -1.98. The van der Waals surface area contributed by atoms with Gasteiger partial charge in [-0.25, -0.2) is 0 Å². The molecule has 0 radical (unpaired) electrons. The van der Waals surface area contributed by atoms with Crippen molar-refractivity contribution in [2.24, 2.45) is 0 Å². The van der Waals surface area contributed by atoms with Crippen LogP contribution in [-0.2, 0) is 0 Å².